The van der Waals surface area contributed by atoms with Crippen LogP contribution >= 0.6 is 11.8 Å². The molecule has 1 aromatic carbocycles. The summed E-state index contributed by atoms with van der Waals surface area (Å²) in [5.74, 6) is 0.294. The molecular formula is C31H46N8O8S2. The fourth-order valence-electron chi connectivity index (χ4n) is 6.38. The number of imidazole rings is 1. The molecule has 270 valence electrons. The number of fused-ring (bicyclic) bond motifs is 4. The number of amides is 3. The van der Waals surface area contributed by atoms with E-state index < -0.39 is 47.4 Å². The zero-order valence-electron chi connectivity index (χ0n) is 27.8. The Hall–Kier alpha value is -3.26. The molecule has 18 heteroatoms. The lowest BCUT2D eigenvalue weighted by Gasteiger charge is -2.18. The lowest BCUT2D eigenvalue weighted by atomic mass is 10.0. The number of rotatable bonds is 13. The van der Waals surface area contributed by atoms with Crippen LogP contribution in [0.25, 0.3) is 21.9 Å². The summed E-state index contributed by atoms with van der Waals surface area (Å²) in [4.78, 5) is 34.8. The van der Waals surface area contributed by atoms with Gasteiger partial charge in [-0.05, 0) is 38.5 Å². The Kier molecular flexibility index (Phi) is 12.2. The highest BCUT2D eigenvalue weighted by Crippen LogP contribution is 2.36. The van der Waals surface area contributed by atoms with Gasteiger partial charge in [0.1, 0.15) is 23.8 Å². The number of ether oxygens (including phenoxy) is 1. The van der Waals surface area contributed by atoms with Gasteiger partial charge in [0, 0.05) is 22.8 Å². The third kappa shape index (κ3) is 8.56. The number of anilines is 1. The summed E-state index contributed by atoms with van der Waals surface area (Å²) in [5.41, 5.74) is 7.59. The van der Waals surface area contributed by atoms with E-state index in [0.29, 0.717) is 34.8 Å². The summed E-state index contributed by atoms with van der Waals surface area (Å²) < 4.78 is 39.0. The number of hydrogen-bond acceptors (Lipinski definition) is 13. The molecule has 4 unspecified atom stereocenters. The molecule has 0 saturated carbocycles. The van der Waals surface area contributed by atoms with Gasteiger partial charge in [0.25, 0.3) is 0 Å². The molecule has 0 bridgehead atoms. The van der Waals surface area contributed by atoms with Crippen LogP contribution in [0.3, 0.4) is 0 Å². The number of unbranched alkanes of at least 4 members (excludes halogenated alkanes) is 1. The molecule has 16 nitrogen and oxygen atoms in total. The summed E-state index contributed by atoms with van der Waals surface area (Å²) in [6.45, 7) is 9.48. The molecule has 7 atom stereocenters. The van der Waals surface area contributed by atoms with Gasteiger partial charge < -0.3 is 40.8 Å². The Balaban J connectivity index is 0.000000606. The van der Waals surface area contributed by atoms with Crippen LogP contribution in [-0.2, 0) is 24.0 Å². The monoisotopic (exact) mass is 722 g/mol. The van der Waals surface area contributed by atoms with E-state index in [-0.39, 0.29) is 35.6 Å². The van der Waals surface area contributed by atoms with Crippen LogP contribution < -0.4 is 21.1 Å². The van der Waals surface area contributed by atoms with Crippen LogP contribution in [0.5, 0.6) is 0 Å². The SMILES string of the molecule is CCN(CC)CC.Nc1nc2ccccc2c2c1ncn2[C@@H]1OC(COS(=O)(=O)NC(=O)CCCCC2SCC3NC(=O)NC32)[C@@H](O)[C@H]1O. The van der Waals surface area contributed by atoms with Gasteiger partial charge in [0.2, 0.25) is 5.91 Å². The molecule has 0 aliphatic carbocycles. The van der Waals surface area contributed by atoms with E-state index in [4.69, 9.17) is 14.7 Å². The van der Waals surface area contributed by atoms with E-state index in [0.717, 1.165) is 12.2 Å². The molecule has 2 aromatic heterocycles. The predicted octanol–water partition coefficient (Wildman–Crippen LogP) is 1.24. The topological polar surface area (TPSA) is 223 Å². The molecule has 3 aliphatic heterocycles. The van der Waals surface area contributed by atoms with Crippen molar-refractivity contribution in [1.29, 1.82) is 0 Å². The number of benzene rings is 1. The number of nitrogens with one attached hydrogen (secondary N) is 3. The van der Waals surface area contributed by atoms with Crippen LogP contribution in [-0.4, -0.2) is 118 Å². The Morgan fingerprint density at radius 1 is 1.16 bits per heavy atom. The first-order chi connectivity index (χ1) is 23.5. The fraction of sp³-hybridized carbons (Fsp3) is 0.613. The Bertz CT molecular complexity index is 1720. The van der Waals surface area contributed by atoms with Crippen molar-refractivity contribution in [3.05, 3.63) is 30.6 Å². The number of carbonyl (C=O) groups excluding carboxylic acids is 2. The minimum Gasteiger partial charge on any atom is -0.387 e. The van der Waals surface area contributed by atoms with Gasteiger partial charge in [0.05, 0.1) is 36.1 Å². The quantitative estimate of drug-likeness (QED) is 0.108. The Morgan fingerprint density at radius 3 is 2.61 bits per heavy atom. The molecule has 3 aromatic rings. The summed E-state index contributed by atoms with van der Waals surface area (Å²) in [5, 5.41) is 28.1. The zero-order chi connectivity index (χ0) is 35.3. The van der Waals surface area contributed by atoms with Crippen LogP contribution in [0.4, 0.5) is 10.6 Å². The van der Waals surface area contributed by atoms with Gasteiger partial charge in [-0.2, -0.15) is 20.2 Å². The van der Waals surface area contributed by atoms with Crippen LogP contribution in [0.2, 0.25) is 0 Å². The van der Waals surface area contributed by atoms with Crippen molar-refractivity contribution in [1.82, 2.24) is 34.8 Å². The molecule has 49 heavy (non-hydrogen) atoms. The number of urea groups is 1. The van der Waals surface area contributed by atoms with Crippen LogP contribution in [0, 0.1) is 0 Å². The van der Waals surface area contributed by atoms with Gasteiger partial charge in [-0.1, -0.05) is 45.4 Å². The smallest absolute Gasteiger partial charge is 0.362 e. The van der Waals surface area contributed by atoms with Crippen molar-refractivity contribution in [2.75, 3.05) is 37.7 Å². The fourth-order valence-corrected chi connectivity index (χ4v) is 8.68. The largest absolute Gasteiger partial charge is 0.387 e. The highest BCUT2D eigenvalue weighted by molar-refractivity contribution is 8.00. The number of aromatic nitrogens is 3. The second-order valence-electron chi connectivity index (χ2n) is 12.2. The van der Waals surface area contributed by atoms with Gasteiger partial charge in [0.15, 0.2) is 12.0 Å². The van der Waals surface area contributed by atoms with E-state index >= 15 is 0 Å². The average Bonchev–Trinajstić information content (AvgIpc) is 3.83. The molecule has 0 radical (unpaired) electrons. The van der Waals surface area contributed by atoms with Gasteiger partial charge in [-0.25, -0.2) is 19.5 Å². The molecule has 0 spiro atoms. The predicted molar refractivity (Wildman–Crippen MR) is 186 cm³/mol. The maximum absolute atomic E-state index is 12.4. The summed E-state index contributed by atoms with van der Waals surface area (Å²) >= 11 is 1.77. The van der Waals surface area contributed by atoms with Crippen molar-refractivity contribution < 1.29 is 37.1 Å². The van der Waals surface area contributed by atoms with Crippen molar-refractivity contribution in [3.63, 3.8) is 0 Å². The first kappa shape index (κ1) is 37.0. The van der Waals surface area contributed by atoms with Crippen LogP contribution in [0.15, 0.2) is 30.6 Å². The Morgan fingerprint density at radius 2 is 1.90 bits per heavy atom. The number of carbonyl (C=O) groups is 2. The third-order valence-corrected chi connectivity index (χ3v) is 11.5. The van der Waals surface area contributed by atoms with Crippen molar-refractivity contribution in [3.8, 4) is 0 Å². The summed E-state index contributed by atoms with van der Waals surface area (Å²) in [7, 11) is -4.50. The van der Waals surface area contributed by atoms with E-state index in [1.165, 1.54) is 30.5 Å². The summed E-state index contributed by atoms with van der Waals surface area (Å²) in [6, 6.07) is 7.22. The van der Waals surface area contributed by atoms with E-state index in [1.54, 1.807) is 23.9 Å². The lowest BCUT2D eigenvalue weighted by molar-refractivity contribution is -0.119. The molecule has 3 amide bonds. The number of nitrogens with zero attached hydrogens (tertiary/aromatic N) is 4. The molecule has 6 rings (SSSR count). The molecular weight excluding hydrogens is 677 g/mol. The number of hydrogen-bond donors (Lipinski definition) is 6. The van der Waals surface area contributed by atoms with Gasteiger partial charge in [-0.15, -0.1) is 0 Å². The number of para-hydroxylation sites is 1. The number of pyridine rings is 1. The molecule has 3 fully saturated rings. The molecule has 3 saturated heterocycles. The van der Waals surface area contributed by atoms with E-state index in [9.17, 15) is 28.2 Å². The van der Waals surface area contributed by atoms with Gasteiger partial charge >= 0.3 is 16.3 Å². The first-order valence-corrected chi connectivity index (χ1v) is 19.0. The number of aliphatic hydroxyl groups excluding tert-OH is 2. The number of nitrogens with two attached hydrogens (primary N) is 1. The standard InChI is InChI=1S/C25H31N7O8S2.C6H15N/c26-23-19-20(12-5-1-2-6-13(12)28-23)32(11-27-19)24-22(35)21(34)15(40-24)9-39-42(37,38)31-17(33)8-4-3-7-16-18-14(10-41-16)29-25(36)30-18;1-4-7(5-2)6-3/h1-2,5-6,11,14-16,18,21-22,24,34-35H,3-4,7-10H2,(H2,26,28)(H,31,33)(H2,29,30,36);4-6H2,1-3H3/t14?,15?,16?,18?,21-,22-,24-;/m1./s1. The van der Waals surface area contributed by atoms with Crippen molar-refractivity contribution in [2.45, 2.75) is 88.3 Å². The first-order valence-electron chi connectivity index (χ1n) is 16.6. The Labute approximate surface area is 289 Å². The summed E-state index contributed by atoms with van der Waals surface area (Å²) in [6.07, 6.45) is -1.96. The van der Waals surface area contributed by atoms with E-state index in [1.807, 2.05) is 16.9 Å². The minimum absolute atomic E-state index is 0.0261. The second kappa shape index (κ2) is 16.2. The zero-order valence-corrected chi connectivity index (χ0v) is 29.5. The average molecular weight is 723 g/mol. The normalized spacial score (nSPS) is 26.4. The highest BCUT2D eigenvalue weighted by atomic mass is 32.2. The van der Waals surface area contributed by atoms with E-state index in [2.05, 4.69) is 46.3 Å². The molecule has 5 heterocycles. The number of thioether (sulfide) groups is 1. The number of nitrogen functional groups attached to an aromatic ring is 1. The molecule has 3 aliphatic rings. The number of aliphatic hydroxyl groups is 2. The van der Waals surface area contributed by atoms with Gasteiger partial charge in [-0.3, -0.25) is 8.98 Å². The third-order valence-electron chi connectivity index (χ3n) is 9.10. The maximum Gasteiger partial charge on any atom is 0.362 e. The lowest BCUT2D eigenvalue weighted by Crippen LogP contribution is -2.38. The van der Waals surface area contributed by atoms with Crippen LogP contribution in [0.1, 0.15) is 52.7 Å². The minimum atomic E-state index is -4.50. The van der Waals surface area contributed by atoms with Crippen molar-refractivity contribution >= 4 is 61.8 Å². The van der Waals surface area contributed by atoms with Crippen molar-refractivity contribution in [2.24, 2.45) is 0 Å². The highest BCUT2D eigenvalue weighted by Gasteiger charge is 2.45. The maximum atomic E-state index is 12.4. The second-order valence-corrected chi connectivity index (χ2v) is 14.8. The molecule has 7 N–H and O–H groups in total.